The quantitative estimate of drug-likeness (QED) is 0.763. The van der Waals surface area contributed by atoms with Gasteiger partial charge in [0.1, 0.15) is 11.6 Å². The van der Waals surface area contributed by atoms with E-state index in [0.29, 0.717) is 6.42 Å². The monoisotopic (exact) mass is 215 g/mol. The second-order valence-electron chi connectivity index (χ2n) is 3.56. The zero-order chi connectivity index (χ0) is 11.4. The maximum absolute atomic E-state index is 12.9. The van der Waals surface area contributed by atoms with Crippen LogP contribution in [0.5, 0.6) is 5.75 Å². The van der Waals surface area contributed by atoms with Crippen LogP contribution in [0.1, 0.15) is 11.1 Å². The number of hydrogen-bond donors (Lipinski definition) is 0. The first-order valence-corrected chi connectivity index (χ1v) is 5.07. The van der Waals surface area contributed by atoms with E-state index >= 15 is 0 Å². The average molecular weight is 215 g/mol. The highest BCUT2D eigenvalue weighted by Crippen LogP contribution is 2.15. The maximum atomic E-state index is 12.9. The number of ether oxygens (including phenoxy) is 1. The third-order valence-corrected chi connectivity index (χ3v) is 2.38. The molecular formula is C14H12FO. The largest absolute Gasteiger partial charge is 0.497 e. The van der Waals surface area contributed by atoms with E-state index in [9.17, 15) is 4.39 Å². The van der Waals surface area contributed by atoms with Gasteiger partial charge in [-0.1, -0.05) is 18.2 Å². The Morgan fingerprint density at radius 3 is 2.56 bits per heavy atom. The Labute approximate surface area is 94.5 Å². The number of hydrogen-bond acceptors (Lipinski definition) is 1. The molecule has 0 spiro atoms. The minimum atomic E-state index is -0.220. The standard InChI is InChI=1S/C14H12FO/c1-16-14-7-5-11(6-8-14)9-12-3-2-4-13(15)10-12/h2,4-8,10H,9H2,1H3. The molecule has 0 aliphatic carbocycles. The molecule has 0 unspecified atom stereocenters. The molecule has 0 saturated heterocycles. The van der Waals surface area contributed by atoms with Crippen LogP contribution in [0.4, 0.5) is 4.39 Å². The van der Waals surface area contributed by atoms with Gasteiger partial charge in [0, 0.05) is 0 Å². The van der Waals surface area contributed by atoms with Crippen LogP contribution in [0.3, 0.4) is 0 Å². The second kappa shape index (κ2) is 4.79. The summed E-state index contributed by atoms with van der Waals surface area (Å²) >= 11 is 0. The van der Waals surface area contributed by atoms with Gasteiger partial charge in [-0.25, -0.2) is 4.39 Å². The van der Waals surface area contributed by atoms with E-state index in [1.807, 2.05) is 24.3 Å². The highest BCUT2D eigenvalue weighted by Gasteiger charge is 1.98. The van der Waals surface area contributed by atoms with Crippen molar-refractivity contribution in [2.24, 2.45) is 0 Å². The third kappa shape index (κ3) is 2.60. The van der Waals surface area contributed by atoms with Crippen molar-refractivity contribution >= 4 is 0 Å². The van der Waals surface area contributed by atoms with E-state index in [-0.39, 0.29) is 5.82 Å². The Balaban J connectivity index is 2.14. The van der Waals surface area contributed by atoms with Crippen LogP contribution in [0.25, 0.3) is 0 Å². The van der Waals surface area contributed by atoms with Crippen LogP contribution in [0.15, 0.2) is 42.5 Å². The minimum Gasteiger partial charge on any atom is -0.497 e. The van der Waals surface area contributed by atoms with E-state index in [4.69, 9.17) is 4.74 Å². The normalized spacial score (nSPS) is 10.1. The first-order valence-electron chi connectivity index (χ1n) is 5.07. The first kappa shape index (κ1) is 10.7. The van der Waals surface area contributed by atoms with Crippen molar-refractivity contribution in [3.8, 4) is 5.75 Å². The Bertz CT molecular complexity index is 462. The van der Waals surface area contributed by atoms with Gasteiger partial charge in [0.05, 0.1) is 7.11 Å². The molecule has 0 aliphatic rings. The van der Waals surface area contributed by atoms with Gasteiger partial charge in [-0.3, -0.25) is 0 Å². The lowest BCUT2D eigenvalue weighted by atomic mass is 10.1. The molecule has 0 N–H and O–H groups in total. The van der Waals surface area contributed by atoms with Gasteiger partial charge < -0.3 is 4.74 Å². The molecule has 0 heterocycles. The summed E-state index contributed by atoms with van der Waals surface area (Å²) in [7, 11) is 1.63. The summed E-state index contributed by atoms with van der Waals surface area (Å²) in [5, 5.41) is 0. The third-order valence-electron chi connectivity index (χ3n) is 2.38. The number of benzene rings is 2. The van der Waals surface area contributed by atoms with Gasteiger partial charge in [-0.15, -0.1) is 0 Å². The molecule has 0 aliphatic heterocycles. The van der Waals surface area contributed by atoms with Crippen LogP contribution in [-0.4, -0.2) is 7.11 Å². The lowest BCUT2D eigenvalue weighted by Crippen LogP contribution is -1.90. The zero-order valence-corrected chi connectivity index (χ0v) is 9.03. The van der Waals surface area contributed by atoms with E-state index in [2.05, 4.69) is 6.07 Å². The van der Waals surface area contributed by atoms with E-state index < -0.39 is 0 Å². The van der Waals surface area contributed by atoms with Crippen LogP contribution >= 0.6 is 0 Å². The molecule has 81 valence electrons. The summed E-state index contributed by atoms with van der Waals surface area (Å²) in [5.74, 6) is 0.606. The Kier molecular flexibility index (Phi) is 3.20. The molecule has 2 aromatic carbocycles. The topological polar surface area (TPSA) is 9.23 Å². The predicted octanol–water partition coefficient (Wildman–Crippen LogP) is 3.23. The smallest absolute Gasteiger partial charge is 0.123 e. The molecular weight excluding hydrogens is 203 g/mol. The average Bonchev–Trinajstić information content (AvgIpc) is 2.30. The number of rotatable bonds is 3. The number of halogens is 1. The van der Waals surface area contributed by atoms with Gasteiger partial charge in [0.25, 0.3) is 0 Å². The van der Waals surface area contributed by atoms with Crippen molar-refractivity contribution in [3.63, 3.8) is 0 Å². The molecule has 0 amide bonds. The van der Waals surface area contributed by atoms with E-state index in [1.165, 1.54) is 12.1 Å². The Morgan fingerprint density at radius 1 is 1.19 bits per heavy atom. The van der Waals surface area contributed by atoms with Gasteiger partial charge in [-0.05, 0) is 47.9 Å². The molecule has 1 nitrogen and oxygen atoms in total. The number of methoxy groups -OCH3 is 1. The maximum Gasteiger partial charge on any atom is 0.123 e. The lowest BCUT2D eigenvalue weighted by molar-refractivity contribution is 0.414. The van der Waals surface area contributed by atoms with Gasteiger partial charge in [0.15, 0.2) is 0 Å². The molecule has 0 fully saturated rings. The molecule has 0 aromatic heterocycles. The summed E-state index contributed by atoms with van der Waals surface area (Å²) in [6.07, 6.45) is 0.682. The van der Waals surface area contributed by atoms with Crippen LogP contribution in [0.2, 0.25) is 0 Å². The second-order valence-corrected chi connectivity index (χ2v) is 3.56. The van der Waals surface area contributed by atoms with Crippen LogP contribution in [-0.2, 0) is 6.42 Å². The Hall–Kier alpha value is -1.83. The van der Waals surface area contributed by atoms with Crippen molar-refractivity contribution in [1.29, 1.82) is 0 Å². The predicted molar refractivity (Wildman–Crippen MR) is 61.0 cm³/mol. The lowest BCUT2D eigenvalue weighted by Gasteiger charge is -2.03. The molecule has 16 heavy (non-hydrogen) atoms. The van der Waals surface area contributed by atoms with Gasteiger partial charge in [-0.2, -0.15) is 0 Å². The van der Waals surface area contributed by atoms with E-state index in [1.54, 1.807) is 13.2 Å². The summed E-state index contributed by atoms with van der Waals surface area (Å²) in [6.45, 7) is 0. The summed E-state index contributed by atoms with van der Waals surface area (Å²) < 4.78 is 18.0. The van der Waals surface area contributed by atoms with E-state index in [0.717, 1.165) is 16.9 Å². The SMILES string of the molecule is COc1ccc(Cc2[c]ccc(F)c2)cc1. The molecule has 0 bridgehead atoms. The molecule has 2 aromatic rings. The van der Waals surface area contributed by atoms with Gasteiger partial charge in [0.2, 0.25) is 0 Å². The van der Waals surface area contributed by atoms with Crippen molar-refractivity contribution in [1.82, 2.24) is 0 Å². The fraction of sp³-hybridized carbons (Fsp3) is 0.143. The zero-order valence-electron chi connectivity index (χ0n) is 9.03. The molecule has 2 heteroatoms. The summed E-state index contributed by atoms with van der Waals surface area (Å²) in [4.78, 5) is 0. The first-order chi connectivity index (χ1) is 7.78. The fourth-order valence-corrected chi connectivity index (χ4v) is 1.55. The summed E-state index contributed by atoms with van der Waals surface area (Å²) in [6, 6.07) is 15.3. The van der Waals surface area contributed by atoms with Crippen LogP contribution < -0.4 is 4.74 Å². The van der Waals surface area contributed by atoms with Crippen LogP contribution in [0, 0.1) is 11.9 Å². The highest BCUT2D eigenvalue weighted by molar-refractivity contribution is 5.31. The summed E-state index contributed by atoms with van der Waals surface area (Å²) in [5.41, 5.74) is 1.97. The van der Waals surface area contributed by atoms with Crippen molar-refractivity contribution < 1.29 is 9.13 Å². The molecule has 1 radical (unpaired) electrons. The highest BCUT2D eigenvalue weighted by atomic mass is 19.1. The Morgan fingerprint density at radius 2 is 1.94 bits per heavy atom. The molecule has 0 saturated carbocycles. The molecule has 0 atom stereocenters. The van der Waals surface area contributed by atoms with Crippen molar-refractivity contribution in [2.75, 3.05) is 7.11 Å². The van der Waals surface area contributed by atoms with Gasteiger partial charge >= 0.3 is 0 Å². The fourth-order valence-electron chi connectivity index (χ4n) is 1.55. The van der Waals surface area contributed by atoms with Crippen molar-refractivity contribution in [2.45, 2.75) is 6.42 Å². The minimum absolute atomic E-state index is 0.220. The molecule has 2 rings (SSSR count). The van der Waals surface area contributed by atoms with Crippen molar-refractivity contribution in [3.05, 3.63) is 65.5 Å².